The normalized spacial score (nSPS) is 19.9. The molecule has 2 amide bonds. The van der Waals surface area contributed by atoms with Gasteiger partial charge in [0.15, 0.2) is 12.2 Å². The van der Waals surface area contributed by atoms with Crippen LogP contribution in [0, 0.1) is 5.92 Å². The Morgan fingerprint density at radius 3 is 2.56 bits per heavy atom. The second kappa shape index (κ2) is 19.2. The van der Waals surface area contributed by atoms with Crippen molar-refractivity contribution < 1.29 is 33.0 Å². The van der Waals surface area contributed by atoms with Crippen molar-refractivity contribution in [2.24, 2.45) is 5.92 Å². The van der Waals surface area contributed by atoms with Crippen LogP contribution in [0.2, 0.25) is 0 Å². The molecule has 1 saturated heterocycles. The zero-order valence-electron chi connectivity index (χ0n) is 24.3. The first-order valence-electron chi connectivity index (χ1n) is 14.1. The van der Waals surface area contributed by atoms with Gasteiger partial charge in [-0.2, -0.15) is 0 Å². The summed E-state index contributed by atoms with van der Waals surface area (Å²) in [7, 11) is 0. The Kier molecular flexibility index (Phi) is 16.9. The molecule has 3 rings (SSSR count). The summed E-state index contributed by atoms with van der Waals surface area (Å²) >= 11 is 1.38. The molecule has 4 unspecified atom stereocenters. The Bertz CT molecular complexity index is 1110. The highest BCUT2D eigenvalue weighted by molar-refractivity contribution is 7.10. The highest BCUT2D eigenvalue weighted by Gasteiger charge is 2.40. The van der Waals surface area contributed by atoms with Gasteiger partial charge in [-0.1, -0.05) is 46.4 Å². The quantitative estimate of drug-likeness (QED) is 0.259. The SMILES string of the molecule is C=C(F)/C=C(F)\C=C/CCc1csc(CNC(=O)C(O)C(O)C(=O)N2CCCC2C2C=CC(F)=CC2)c1.CC.CC. The second-order valence-electron chi connectivity index (χ2n) is 9.03. The zero-order chi connectivity index (χ0) is 30.9. The van der Waals surface area contributed by atoms with Crippen molar-refractivity contribution in [3.63, 3.8) is 0 Å². The minimum absolute atomic E-state index is 0.0849. The van der Waals surface area contributed by atoms with Gasteiger partial charge in [-0.05, 0) is 67.3 Å². The molecule has 1 fully saturated rings. The van der Waals surface area contributed by atoms with E-state index in [0.717, 1.165) is 16.9 Å². The first-order chi connectivity index (χ1) is 19.7. The van der Waals surface area contributed by atoms with E-state index in [4.69, 9.17) is 0 Å². The number of likely N-dealkylation sites (tertiary alicyclic amines) is 1. The number of rotatable bonds is 11. The average Bonchev–Trinajstić information content (AvgIpc) is 3.65. The van der Waals surface area contributed by atoms with Gasteiger partial charge >= 0.3 is 0 Å². The number of carbonyl (C=O) groups excluding carboxylic acids is 2. The van der Waals surface area contributed by atoms with Crippen LogP contribution in [0.4, 0.5) is 13.2 Å². The lowest BCUT2D eigenvalue weighted by molar-refractivity contribution is -0.154. The van der Waals surface area contributed by atoms with E-state index in [-0.39, 0.29) is 24.3 Å². The number of nitrogens with zero attached hydrogens (tertiary/aromatic N) is 1. The first kappa shape index (κ1) is 36.1. The number of aryl methyl sites for hydroxylation is 1. The van der Waals surface area contributed by atoms with E-state index in [1.54, 1.807) is 12.2 Å². The molecule has 1 aromatic heterocycles. The fourth-order valence-electron chi connectivity index (χ4n) is 4.43. The Hall–Kier alpha value is -2.95. The van der Waals surface area contributed by atoms with E-state index < -0.39 is 35.7 Å². The number of allylic oxidation sites excluding steroid dienone is 8. The largest absolute Gasteiger partial charge is 0.380 e. The van der Waals surface area contributed by atoms with Crippen LogP contribution in [0.15, 0.2) is 72.0 Å². The molecule has 0 aromatic carbocycles. The summed E-state index contributed by atoms with van der Waals surface area (Å²) in [5.74, 6) is -3.58. The summed E-state index contributed by atoms with van der Waals surface area (Å²) in [6.07, 6.45) is 7.12. The Morgan fingerprint density at radius 2 is 1.93 bits per heavy atom. The predicted octanol–water partition coefficient (Wildman–Crippen LogP) is 6.38. The van der Waals surface area contributed by atoms with Gasteiger partial charge < -0.3 is 20.4 Å². The number of amides is 2. The van der Waals surface area contributed by atoms with E-state index in [0.29, 0.717) is 38.3 Å². The average molecular weight is 597 g/mol. The summed E-state index contributed by atoms with van der Waals surface area (Å²) in [5.41, 5.74) is 0.959. The lowest BCUT2D eigenvalue weighted by Gasteiger charge is -2.32. The molecule has 3 N–H and O–H groups in total. The van der Waals surface area contributed by atoms with Crippen molar-refractivity contribution in [2.75, 3.05) is 6.54 Å². The number of aliphatic hydroxyl groups excluding tert-OH is 2. The standard InChI is InChI=1S/C27H31F3N2O4S.2C2H6/c1-17(28)13-21(30)6-3-2-5-18-14-22(37-16-18)15-31-26(35)24(33)25(34)27(36)32-12-4-7-23(32)19-8-10-20(29)11-9-19;2*1-2/h3,6,8,10-11,13-14,16,19,23-25,33-34H,1-2,4-5,7,9,12,15H2,(H,31,35);2*1-2H3/b6-3-,21-13+;;. The predicted molar refractivity (Wildman–Crippen MR) is 159 cm³/mol. The van der Waals surface area contributed by atoms with Crippen LogP contribution in [0.3, 0.4) is 0 Å². The minimum Gasteiger partial charge on any atom is -0.380 e. The maximum absolute atomic E-state index is 13.3. The number of nitrogens with one attached hydrogen (secondary N) is 1. The topological polar surface area (TPSA) is 89.9 Å². The smallest absolute Gasteiger partial charge is 0.254 e. The number of hydrogen-bond acceptors (Lipinski definition) is 5. The number of hydrogen-bond donors (Lipinski definition) is 3. The van der Waals surface area contributed by atoms with Crippen LogP contribution in [0.25, 0.3) is 0 Å². The van der Waals surface area contributed by atoms with Gasteiger partial charge in [-0.25, -0.2) is 13.2 Å². The summed E-state index contributed by atoms with van der Waals surface area (Å²) in [4.78, 5) is 27.6. The lowest BCUT2D eigenvalue weighted by atomic mass is 9.90. The third-order valence-electron chi connectivity index (χ3n) is 6.30. The highest BCUT2D eigenvalue weighted by Crippen LogP contribution is 2.31. The Labute approximate surface area is 245 Å². The molecule has 0 spiro atoms. The second-order valence-corrected chi connectivity index (χ2v) is 10.0. The maximum Gasteiger partial charge on any atom is 0.254 e. The van der Waals surface area contributed by atoms with E-state index in [1.807, 2.05) is 39.1 Å². The van der Waals surface area contributed by atoms with Crippen LogP contribution in [-0.4, -0.2) is 51.7 Å². The van der Waals surface area contributed by atoms with E-state index in [2.05, 4.69) is 11.9 Å². The maximum atomic E-state index is 13.3. The molecule has 228 valence electrons. The molecular formula is C31H43F3N2O4S. The molecule has 2 aliphatic rings. The first-order valence-corrected chi connectivity index (χ1v) is 15.0. The molecule has 4 atom stereocenters. The van der Waals surface area contributed by atoms with Crippen LogP contribution in [-0.2, 0) is 22.6 Å². The molecule has 10 heteroatoms. The number of aliphatic hydroxyl groups is 2. The van der Waals surface area contributed by atoms with Crippen LogP contribution >= 0.6 is 11.3 Å². The van der Waals surface area contributed by atoms with Gasteiger partial charge in [0.1, 0.15) is 17.5 Å². The third-order valence-corrected chi connectivity index (χ3v) is 7.29. The van der Waals surface area contributed by atoms with Gasteiger partial charge in [-0.15, -0.1) is 11.3 Å². The lowest BCUT2D eigenvalue weighted by Crippen LogP contribution is -2.52. The van der Waals surface area contributed by atoms with Crippen molar-refractivity contribution >= 4 is 23.2 Å². The van der Waals surface area contributed by atoms with E-state index in [9.17, 15) is 33.0 Å². The molecule has 0 bridgehead atoms. The molecule has 1 aliphatic heterocycles. The molecule has 0 saturated carbocycles. The summed E-state index contributed by atoms with van der Waals surface area (Å²) in [6.45, 7) is 11.5. The molecule has 0 radical (unpaired) electrons. The van der Waals surface area contributed by atoms with Crippen LogP contribution in [0.5, 0.6) is 0 Å². The van der Waals surface area contributed by atoms with E-state index in [1.165, 1.54) is 34.5 Å². The van der Waals surface area contributed by atoms with Gasteiger partial charge in [0.2, 0.25) is 0 Å². The summed E-state index contributed by atoms with van der Waals surface area (Å²) in [6, 6.07) is 1.62. The molecule has 1 aliphatic carbocycles. The summed E-state index contributed by atoms with van der Waals surface area (Å²) in [5, 5.41) is 25.2. The van der Waals surface area contributed by atoms with Crippen molar-refractivity contribution in [3.05, 3.63) is 82.4 Å². The monoisotopic (exact) mass is 596 g/mol. The molecule has 1 aromatic rings. The Balaban J connectivity index is 0.00000201. The third kappa shape index (κ3) is 11.8. The van der Waals surface area contributed by atoms with Crippen molar-refractivity contribution in [2.45, 2.75) is 84.6 Å². The Morgan fingerprint density at radius 1 is 1.22 bits per heavy atom. The van der Waals surface area contributed by atoms with Crippen LogP contribution in [0.1, 0.15) is 63.8 Å². The zero-order valence-corrected chi connectivity index (χ0v) is 25.1. The van der Waals surface area contributed by atoms with Crippen LogP contribution < -0.4 is 5.32 Å². The van der Waals surface area contributed by atoms with Crippen molar-refractivity contribution in [1.29, 1.82) is 0 Å². The highest BCUT2D eigenvalue weighted by atomic mass is 32.1. The molecule has 41 heavy (non-hydrogen) atoms. The summed E-state index contributed by atoms with van der Waals surface area (Å²) < 4.78 is 39.1. The molecular weight excluding hydrogens is 553 g/mol. The van der Waals surface area contributed by atoms with Gasteiger partial charge in [0.05, 0.1) is 6.54 Å². The van der Waals surface area contributed by atoms with Gasteiger partial charge in [-0.3, -0.25) is 9.59 Å². The van der Waals surface area contributed by atoms with Crippen molar-refractivity contribution in [1.82, 2.24) is 10.2 Å². The minimum atomic E-state index is -1.93. The van der Waals surface area contributed by atoms with Gasteiger partial charge in [0.25, 0.3) is 11.8 Å². The number of carbonyl (C=O) groups is 2. The van der Waals surface area contributed by atoms with Crippen molar-refractivity contribution in [3.8, 4) is 0 Å². The number of thiophene rings is 1. The fraction of sp³-hybridized carbons (Fsp3) is 0.484. The van der Waals surface area contributed by atoms with E-state index >= 15 is 0 Å². The fourth-order valence-corrected chi connectivity index (χ4v) is 5.29. The molecule has 2 heterocycles. The molecule has 6 nitrogen and oxygen atoms in total. The number of halogens is 3. The van der Waals surface area contributed by atoms with Gasteiger partial charge in [0, 0.05) is 29.5 Å².